The molecular formula is C19H40F2N2O7. The fourth-order valence-electron chi connectivity index (χ4n) is 1.23. The number of nitrogens with one attached hydrogen (secondary N) is 2. The van der Waals surface area contributed by atoms with Gasteiger partial charge >= 0.3 is 18.2 Å². The minimum absolute atomic E-state index is 0.0894. The van der Waals surface area contributed by atoms with Crippen LogP contribution in [0.15, 0.2) is 0 Å². The number of methoxy groups -OCH3 is 3. The Hall–Kier alpha value is -2.30. The highest BCUT2D eigenvalue weighted by Gasteiger charge is 2.27. The smallest absolute Gasteiger partial charge is 0.407 e. The zero-order chi connectivity index (χ0) is 25.3. The molecule has 2 N–H and O–H groups in total. The van der Waals surface area contributed by atoms with Crippen molar-refractivity contribution in [2.24, 2.45) is 5.92 Å². The first kappa shape index (κ1) is 38.3. The van der Waals surface area contributed by atoms with Gasteiger partial charge in [-0.1, -0.05) is 41.5 Å². The summed E-state index contributed by atoms with van der Waals surface area (Å²) in [7, 11) is 4.18. The maximum atomic E-state index is 12.3. The van der Waals surface area contributed by atoms with E-state index in [1.165, 1.54) is 21.1 Å². The van der Waals surface area contributed by atoms with Crippen LogP contribution in [0.2, 0.25) is 0 Å². The molecule has 182 valence electrons. The van der Waals surface area contributed by atoms with Gasteiger partial charge in [0.1, 0.15) is 12.3 Å². The highest BCUT2D eigenvalue weighted by molar-refractivity contribution is 5.81. The maximum Gasteiger partial charge on any atom is 0.407 e. The van der Waals surface area contributed by atoms with Crippen molar-refractivity contribution in [3.05, 3.63) is 0 Å². The first-order valence-electron chi connectivity index (χ1n) is 9.38. The van der Waals surface area contributed by atoms with E-state index in [2.05, 4.69) is 19.5 Å². The molecule has 0 aliphatic carbocycles. The number of hydrogen-bond donors (Lipinski definition) is 2. The third-order valence-corrected chi connectivity index (χ3v) is 2.88. The molecule has 0 aliphatic rings. The van der Waals surface area contributed by atoms with Gasteiger partial charge in [0.25, 0.3) is 0 Å². The zero-order valence-corrected chi connectivity index (χ0v) is 20.0. The van der Waals surface area contributed by atoms with Crippen LogP contribution in [0.4, 0.5) is 18.4 Å². The van der Waals surface area contributed by atoms with Gasteiger partial charge in [0.15, 0.2) is 0 Å². The highest BCUT2D eigenvalue weighted by Crippen LogP contribution is 2.00. The zero-order valence-electron chi connectivity index (χ0n) is 20.0. The molecule has 11 heteroatoms. The van der Waals surface area contributed by atoms with Gasteiger partial charge in [-0.3, -0.25) is 9.18 Å². The molecule has 0 aromatic rings. The van der Waals surface area contributed by atoms with Gasteiger partial charge in [-0.05, 0) is 12.8 Å². The summed E-state index contributed by atoms with van der Waals surface area (Å²) in [6, 6.07) is -3.44. The predicted octanol–water partition coefficient (Wildman–Crippen LogP) is 3.45. The molecule has 3 unspecified atom stereocenters. The Kier molecular flexibility index (Phi) is 36.9. The number of ether oxygens (including phenoxy) is 3. The molecule has 0 saturated heterocycles. The Morgan fingerprint density at radius 2 is 1.20 bits per heavy atom. The Morgan fingerprint density at radius 1 is 0.833 bits per heavy atom. The molecular weight excluding hydrogens is 406 g/mol. The number of rotatable bonds is 7. The normalized spacial score (nSPS) is 11.4. The average molecular weight is 447 g/mol. The summed E-state index contributed by atoms with van der Waals surface area (Å²) in [5.74, 6) is 0.0894. The largest absolute Gasteiger partial charge is 0.453 e. The Bertz CT molecular complexity index is 426. The van der Waals surface area contributed by atoms with Crippen LogP contribution in [0.25, 0.3) is 0 Å². The second-order valence-corrected chi connectivity index (χ2v) is 4.90. The molecule has 2 amide bonds. The summed E-state index contributed by atoms with van der Waals surface area (Å²) in [4.78, 5) is 41.9. The summed E-state index contributed by atoms with van der Waals surface area (Å²) < 4.78 is 35.0. The maximum absolute atomic E-state index is 12.3. The minimum atomic E-state index is -1.67. The molecule has 0 fully saturated rings. The molecule has 0 spiro atoms. The molecule has 0 heterocycles. The van der Waals surface area contributed by atoms with Crippen molar-refractivity contribution in [1.82, 2.24) is 10.6 Å². The van der Waals surface area contributed by atoms with Crippen molar-refractivity contribution in [1.29, 1.82) is 0 Å². The lowest BCUT2D eigenvalue weighted by Gasteiger charge is -2.18. The summed E-state index contributed by atoms with van der Waals surface area (Å²) in [6.07, 6.45) is -1.49. The number of alkyl halides is 1. The second kappa shape index (κ2) is 28.9. The van der Waals surface area contributed by atoms with Crippen LogP contribution in [0, 0.1) is 5.92 Å². The predicted molar refractivity (Wildman–Crippen MR) is 112 cm³/mol. The summed E-state index contributed by atoms with van der Waals surface area (Å²) in [5, 5.41) is 4.39. The second-order valence-electron chi connectivity index (χ2n) is 4.90. The van der Waals surface area contributed by atoms with Gasteiger partial charge < -0.3 is 29.6 Å². The fraction of sp³-hybridized carbons (Fsp3) is 0.789. The van der Waals surface area contributed by atoms with Gasteiger partial charge in [-0.25, -0.2) is 9.59 Å². The van der Waals surface area contributed by atoms with E-state index in [-0.39, 0.29) is 5.92 Å². The van der Waals surface area contributed by atoms with Crippen molar-refractivity contribution >= 4 is 24.5 Å². The van der Waals surface area contributed by atoms with E-state index in [1.807, 2.05) is 46.9 Å². The van der Waals surface area contributed by atoms with E-state index < -0.39 is 36.4 Å². The van der Waals surface area contributed by atoms with Crippen LogP contribution in [0.5, 0.6) is 0 Å². The van der Waals surface area contributed by atoms with Gasteiger partial charge in [0.05, 0.1) is 33.5 Å². The lowest BCUT2D eigenvalue weighted by molar-refractivity contribution is -0.134. The van der Waals surface area contributed by atoms with E-state index in [4.69, 9.17) is 0 Å². The van der Waals surface area contributed by atoms with Crippen LogP contribution >= 0.6 is 0 Å². The Morgan fingerprint density at radius 3 is 1.43 bits per heavy atom. The third kappa shape index (κ3) is 23.7. The molecule has 0 radical (unpaired) electrons. The van der Waals surface area contributed by atoms with E-state index >= 15 is 0 Å². The van der Waals surface area contributed by atoms with Crippen molar-refractivity contribution in [3.8, 4) is 0 Å². The minimum Gasteiger partial charge on any atom is -0.453 e. The van der Waals surface area contributed by atoms with Gasteiger partial charge in [-0.2, -0.15) is 4.39 Å². The number of carbonyl (C=O) groups excluding carboxylic acids is 4. The quantitative estimate of drug-likeness (QED) is 0.454. The van der Waals surface area contributed by atoms with E-state index in [1.54, 1.807) is 0 Å². The van der Waals surface area contributed by atoms with Crippen molar-refractivity contribution < 1.29 is 42.2 Å². The van der Waals surface area contributed by atoms with Gasteiger partial charge in [0, 0.05) is 7.11 Å². The van der Waals surface area contributed by atoms with Crippen molar-refractivity contribution in [2.75, 3.05) is 28.5 Å². The van der Waals surface area contributed by atoms with Crippen LogP contribution < -0.4 is 10.6 Å². The molecule has 9 nitrogen and oxygen atoms in total. The summed E-state index contributed by atoms with van der Waals surface area (Å²) in [5.41, 5.74) is 0. The number of aldehydes is 1. The van der Waals surface area contributed by atoms with Gasteiger partial charge in [-0.15, -0.1) is 0 Å². The SMILES string of the molecule is CC.CC.CF.COC(=O)NC(C(=O)F)C(C)OC.COC(=O)NC(C=O)C(C)C. The summed E-state index contributed by atoms with van der Waals surface area (Å²) >= 11 is 0. The fourth-order valence-corrected chi connectivity index (χ4v) is 1.23. The van der Waals surface area contributed by atoms with E-state index in [0.717, 1.165) is 7.11 Å². The highest BCUT2D eigenvalue weighted by atomic mass is 19.1. The first-order chi connectivity index (χ1) is 14.1. The van der Waals surface area contributed by atoms with Crippen LogP contribution in [0.1, 0.15) is 48.5 Å². The number of halogens is 2. The molecule has 0 aromatic carbocycles. The molecule has 30 heavy (non-hydrogen) atoms. The first-order valence-corrected chi connectivity index (χ1v) is 9.38. The number of alkyl carbamates (subject to hydrolysis) is 2. The molecule has 0 aliphatic heterocycles. The topological polar surface area (TPSA) is 120 Å². The average Bonchev–Trinajstić information content (AvgIpc) is 2.78. The molecule has 0 saturated carbocycles. The van der Waals surface area contributed by atoms with Gasteiger partial charge in [0.2, 0.25) is 0 Å². The molecule has 0 bridgehead atoms. The lowest BCUT2D eigenvalue weighted by Crippen LogP contribution is -2.47. The lowest BCUT2D eigenvalue weighted by atomic mass is 10.1. The van der Waals surface area contributed by atoms with E-state index in [0.29, 0.717) is 13.5 Å². The van der Waals surface area contributed by atoms with Crippen molar-refractivity contribution in [3.63, 3.8) is 0 Å². The molecule has 3 atom stereocenters. The number of hydrogen-bond acceptors (Lipinski definition) is 7. The van der Waals surface area contributed by atoms with E-state index in [9.17, 15) is 28.0 Å². The summed E-state index contributed by atoms with van der Waals surface area (Å²) in [6.45, 7) is 13.1. The van der Waals surface area contributed by atoms with Crippen LogP contribution in [-0.4, -0.2) is 71.2 Å². The number of amides is 2. The molecule has 0 aromatic heterocycles. The van der Waals surface area contributed by atoms with Crippen molar-refractivity contribution in [2.45, 2.75) is 66.7 Å². The van der Waals surface area contributed by atoms with Crippen LogP contribution in [-0.2, 0) is 23.8 Å². The Balaban J connectivity index is -0.000000112. The number of carbonyl (C=O) groups is 4. The molecule has 0 rings (SSSR count). The monoisotopic (exact) mass is 446 g/mol. The standard InChI is InChI=1S/C7H12FNO4.C7H13NO3.2C2H6.CH3F/c1-4(12-2)5(6(8)10)9-7(11)13-3;1-5(2)6(4-9)8-7(10)11-3;3*1-2/h4-5H,1-3H3,(H,9,11);4-6H,1-3H3,(H,8,10);2*1-2H3;1H3. The van der Waals surface area contributed by atoms with Crippen LogP contribution in [0.3, 0.4) is 0 Å². The third-order valence-electron chi connectivity index (χ3n) is 2.88. The Labute approximate surface area is 179 Å².